The summed E-state index contributed by atoms with van der Waals surface area (Å²) in [4.78, 5) is 22.4. The first kappa shape index (κ1) is 8.78. The summed E-state index contributed by atoms with van der Waals surface area (Å²) in [6.45, 7) is 0. The van der Waals surface area contributed by atoms with Gasteiger partial charge in [0, 0.05) is 18.6 Å². The summed E-state index contributed by atoms with van der Waals surface area (Å²) in [6, 6.07) is 3.42. The van der Waals surface area contributed by atoms with Crippen LogP contribution in [-0.4, -0.2) is 24.7 Å². The van der Waals surface area contributed by atoms with Gasteiger partial charge in [0.2, 0.25) is 0 Å². The Kier molecular flexibility index (Phi) is 1.79. The fourth-order valence-electron chi connectivity index (χ4n) is 1.55. The van der Waals surface area contributed by atoms with E-state index >= 15 is 0 Å². The van der Waals surface area contributed by atoms with Crippen LogP contribution in [-0.2, 0) is 0 Å². The minimum absolute atomic E-state index is 0.180. The zero-order valence-corrected chi connectivity index (χ0v) is 8.16. The number of H-pyrrole nitrogens is 1. The van der Waals surface area contributed by atoms with E-state index in [9.17, 15) is 4.79 Å². The monoisotopic (exact) mass is 213 g/mol. The predicted octanol–water partition coefficient (Wildman–Crippen LogP) is 0.504. The van der Waals surface area contributed by atoms with Crippen LogP contribution in [0.1, 0.15) is 0 Å². The van der Waals surface area contributed by atoms with Crippen LogP contribution in [0.5, 0.6) is 0 Å². The standard InChI is InChI=1S/C10H7N5O/c16-10-7-2-4-11-9(8(7)12-6-13-10)15-5-1-3-14-15/h1-6H,(H,12,13,16). The molecule has 0 bridgehead atoms. The average molecular weight is 213 g/mol. The smallest absolute Gasteiger partial charge is 0.258 e. The summed E-state index contributed by atoms with van der Waals surface area (Å²) in [5, 5.41) is 4.57. The van der Waals surface area contributed by atoms with Gasteiger partial charge in [-0.3, -0.25) is 4.79 Å². The normalized spacial score (nSPS) is 10.8. The molecule has 0 aliphatic rings. The van der Waals surface area contributed by atoms with Crippen LogP contribution in [0.3, 0.4) is 0 Å². The summed E-state index contributed by atoms with van der Waals surface area (Å²) >= 11 is 0. The van der Waals surface area contributed by atoms with Crippen LogP contribution in [0.25, 0.3) is 16.7 Å². The highest BCUT2D eigenvalue weighted by atomic mass is 16.1. The fraction of sp³-hybridized carbons (Fsp3) is 0. The summed E-state index contributed by atoms with van der Waals surface area (Å²) in [6.07, 6.45) is 6.33. The lowest BCUT2D eigenvalue weighted by molar-refractivity contribution is 0.851. The molecule has 6 heteroatoms. The average Bonchev–Trinajstić information content (AvgIpc) is 2.82. The SMILES string of the molecule is O=c1[nH]cnc2c(-n3cccn3)nccc12. The van der Waals surface area contributed by atoms with Crippen LogP contribution in [0.15, 0.2) is 41.8 Å². The van der Waals surface area contributed by atoms with E-state index in [1.807, 2.05) is 0 Å². The Balaban J connectivity index is 2.43. The van der Waals surface area contributed by atoms with Crippen molar-refractivity contribution >= 4 is 10.9 Å². The van der Waals surface area contributed by atoms with Gasteiger partial charge in [-0.1, -0.05) is 0 Å². The van der Waals surface area contributed by atoms with E-state index in [-0.39, 0.29) is 5.56 Å². The molecule has 0 aliphatic carbocycles. The number of pyridine rings is 1. The highest BCUT2D eigenvalue weighted by Crippen LogP contribution is 2.12. The number of aromatic nitrogens is 5. The largest absolute Gasteiger partial charge is 0.313 e. The summed E-state index contributed by atoms with van der Waals surface area (Å²) < 4.78 is 1.58. The van der Waals surface area contributed by atoms with Gasteiger partial charge in [-0.2, -0.15) is 5.10 Å². The lowest BCUT2D eigenvalue weighted by Crippen LogP contribution is -2.09. The number of aromatic amines is 1. The maximum absolute atomic E-state index is 11.5. The van der Waals surface area contributed by atoms with Gasteiger partial charge in [0.25, 0.3) is 5.56 Å². The zero-order chi connectivity index (χ0) is 11.0. The molecule has 0 atom stereocenters. The van der Waals surface area contributed by atoms with Gasteiger partial charge in [-0.15, -0.1) is 0 Å². The van der Waals surface area contributed by atoms with Gasteiger partial charge < -0.3 is 4.98 Å². The van der Waals surface area contributed by atoms with Crippen molar-refractivity contribution in [2.24, 2.45) is 0 Å². The van der Waals surface area contributed by atoms with Gasteiger partial charge in [0.05, 0.1) is 11.7 Å². The lowest BCUT2D eigenvalue weighted by Gasteiger charge is -2.02. The Morgan fingerprint density at radius 2 is 2.19 bits per heavy atom. The van der Waals surface area contributed by atoms with Crippen LogP contribution in [0.4, 0.5) is 0 Å². The lowest BCUT2D eigenvalue weighted by atomic mass is 10.3. The second-order valence-corrected chi connectivity index (χ2v) is 3.21. The summed E-state index contributed by atoms with van der Waals surface area (Å²) in [5.74, 6) is 0.550. The van der Waals surface area contributed by atoms with Gasteiger partial charge in [-0.25, -0.2) is 14.6 Å². The Bertz CT molecular complexity index is 686. The van der Waals surface area contributed by atoms with E-state index in [0.29, 0.717) is 16.7 Å². The first-order chi connectivity index (χ1) is 7.86. The van der Waals surface area contributed by atoms with Gasteiger partial charge in [-0.05, 0) is 12.1 Å². The molecule has 0 aromatic carbocycles. The third-order valence-corrected chi connectivity index (χ3v) is 2.26. The number of rotatable bonds is 1. The summed E-state index contributed by atoms with van der Waals surface area (Å²) in [5.41, 5.74) is 0.357. The minimum atomic E-state index is -0.180. The van der Waals surface area contributed by atoms with Crippen LogP contribution in [0, 0.1) is 0 Å². The van der Waals surface area contributed by atoms with Gasteiger partial charge >= 0.3 is 0 Å². The Morgan fingerprint density at radius 1 is 1.25 bits per heavy atom. The van der Waals surface area contributed by atoms with Crippen LogP contribution < -0.4 is 5.56 Å². The van der Waals surface area contributed by atoms with E-state index in [1.165, 1.54) is 6.33 Å². The molecule has 1 N–H and O–H groups in total. The topological polar surface area (TPSA) is 76.5 Å². The number of nitrogens with zero attached hydrogens (tertiary/aromatic N) is 4. The van der Waals surface area contributed by atoms with E-state index in [4.69, 9.17) is 0 Å². The number of hydrogen-bond acceptors (Lipinski definition) is 4. The van der Waals surface area contributed by atoms with Crippen molar-refractivity contribution in [2.75, 3.05) is 0 Å². The van der Waals surface area contributed by atoms with Crippen molar-refractivity contribution in [1.29, 1.82) is 0 Å². The van der Waals surface area contributed by atoms with E-state index in [2.05, 4.69) is 20.1 Å². The van der Waals surface area contributed by atoms with E-state index in [1.54, 1.807) is 35.4 Å². The Morgan fingerprint density at radius 3 is 3.00 bits per heavy atom. The fourth-order valence-corrected chi connectivity index (χ4v) is 1.55. The first-order valence-electron chi connectivity index (χ1n) is 4.69. The third kappa shape index (κ3) is 1.20. The molecule has 0 saturated carbocycles. The van der Waals surface area contributed by atoms with Crippen LogP contribution >= 0.6 is 0 Å². The molecule has 0 radical (unpaired) electrons. The molecule has 0 amide bonds. The predicted molar refractivity (Wildman–Crippen MR) is 57.3 cm³/mol. The number of fused-ring (bicyclic) bond motifs is 1. The quantitative estimate of drug-likeness (QED) is 0.638. The molecule has 0 fully saturated rings. The van der Waals surface area contributed by atoms with Gasteiger partial charge in [0.1, 0.15) is 5.52 Å². The van der Waals surface area contributed by atoms with Crippen LogP contribution in [0.2, 0.25) is 0 Å². The molecular formula is C10H7N5O. The van der Waals surface area contributed by atoms with E-state index in [0.717, 1.165) is 0 Å². The molecule has 0 saturated heterocycles. The molecular weight excluding hydrogens is 206 g/mol. The number of hydrogen-bond donors (Lipinski definition) is 1. The highest BCUT2D eigenvalue weighted by molar-refractivity contribution is 5.83. The molecule has 3 rings (SSSR count). The third-order valence-electron chi connectivity index (χ3n) is 2.26. The summed E-state index contributed by atoms with van der Waals surface area (Å²) in [7, 11) is 0. The molecule has 3 heterocycles. The molecule has 0 unspecified atom stereocenters. The molecule has 3 aromatic heterocycles. The number of nitrogens with one attached hydrogen (secondary N) is 1. The van der Waals surface area contributed by atoms with Crippen molar-refractivity contribution < 1.29 is 0 Å². The Hall–Kier alpha value is -2.50. The Labute approximate surface area is 89.6 Å². The molecule has 0 aliphatic heterocycles. The van der Waals surface area contributed by atoms with Crippen molar-refractivity contribution in [3.05, 3.63) is 47.4 Å². The van der Waals surface area contributed by atoms with Gasteiger partial charge in [0.15, 0.2) is 5.82 Å². The first-order valence-corrected chi connectivity index (χ1v) is 4.69. The van der Waals surface area contributed by atoms with Crippen molar-refractivity contribution in [3.8, 4) is 5.82 Å². The van der Waals surface area contributed by atoms with Crippen molar-refractivity contribution in [1.82, 2.24) is 24.7 Å². The minimum Gasteiger partial charge on any atom is -0.313 e. The molecule has 3 aromatic rings. The molecule has 6 nitrogen and oxygen atoms in total. The molecule has 16 heavy (non-hydrogen) atoms. The van der Waals surface area contributed by atoms with Crippen molar-refractivity contribution in [3.63, 3.8) is 0 Å². The maximum Gasteiger partial charge on any atom is 0.258 e. The maximum atomic E-state index is 11.5. The molecule has 0 spiro atoms. The van der Waals surface area contributed by atoms with Crippen molar-refractivity contribution in [2.45, 2.75) is 0 Å². The van der Waals surface area contributed by atoms with E-state index < -0.39 is 0 Å². The highest BCUT2D eigenvalue weighted by Gasteiger charge is 2.07. The molecule has 78 valence electrons. The zero-order valence-electron chi connectivity index (χ0n) is 8.16. The second-order valence-electron chi connectivity index (χ2n) is 3.21. The second kappa shape index (κ2) is 3.27.